The lowest BCUT2D eigenvalue weighted by molar-refractivity contribution is -0.140. The number of para-hydroxylation sites is 1. The summed E-state index contributed by atoms with van der Waals surface area (Å²) in [5.41, 5.74) is 2.77. The molecular weight excluding hydrogens is 278 g/mol. The van der Waals surface area contributed by atoms with Crippen LogP contribution >= 0.6 is 0 Å². The monoisotopic (exact) mass is 297 g/mol. The third-order valence-corrected chi connectivity index (χ3v) is 3.90. The Kier molecular flexibility index (Phi) is 3.86. The normalized spacial score (nSPS) is 13.0. The lowest BCUT2D eigenvalue weighted by Gasteiger charge is -2.17. The molecule has 4 heteroatoms. The van der Waals surface area contributed by atoms with E-state index in [1.54, 1.807) is 0 Å². The summed E-state index contributed by atoms with van der Waals surface area (Å²) in [6, 6.07) is 13.4. The van der Waals surface area contributed by atoms with Crippen molar-refractivity contribution in [1.29, 1.82) is 0 Å². The minimum Gasteiger partial charge on any atom is -0.480 e. The predicted molar refractivity (Wildman–Crippen MR) is 86.8 cm³/mol. The molecule has 0 aliphatic heterocycles. The summed E-state index contributed by atoms with van der Waals surface area (Å²) in [5.74, 6) is -0.777. The number of furan rings is 1. The van der Waals surface area contributed by atoms with Crippen molar-refractivity contribution in [3.63, 3.8) is 0 Å². The van der Waals surface area contributed by atoms with Gasteiger partial charge >= 0.3 is 5.97 Å². The van der Waals surface area contributed by atoms with Crippen molar-refractivity contribution in [2.75, 3.05) is 0 Å². The van der Waals surface area contributed by atoms with Crippen molar-refractivity contribution in [1.82, 2.24) is 5.32 Å². The highest BCUT2D eigenvalue weighted by Gasteiger charge is 2.20. The summed E-state index contributed by atoms with van der Waals surface area (Å²) < 4.78 is 5.79. The van der Waals surface area contributed by atoms with Gasteiger partial charge in [0.05, 0.1) is 0 Å². The SMILES string of the molecule is CC(C)[C@H](NCc1ccc2oc3ccccc3c2c1)C(=O)O. The lowest BCUT2D eigenvalue weighted by Crippen LogP contribution is -2.40. The maximum atomic E-state index is 11.2. The number of carboxylic acid groups (broad SMARTS) is 1. The topological polar surface area (TPSA) is 62.5 Å². The Morgan fingerprint density at radius 3 is 2.59 bits per heavy atom. The Morgan fingerprint density at radius 1 is 1.14 bits per heavy atom. The molecule has 0 spiro atoms. The molecule has 0 radical (unpaired) electrons. The van der Waals surface area contributed by atoms with Gasteiger partial charge < -0.3 is 14.8 Å². The van der Waals surface area contributed by atoms with Crippen molar-refractivity contribution < 1.29 is 14.3 Å². The fourth-order valence-corrected chi connectivity index (χ4v) is 2.72. The van der Waals surface area contributed by atoms with Crippen LogP contribution in [0, 0.1) is 5.92 Å². The Hall–Kier alpha value is -2.33. The predicted octanol–water partition coefficient (Wildman–Crippen LogP) is 3.78. The minimum atomic E-state index is -0.815. The van der Waals surface area contributed by atoms with Gasteiger partial charge in [0, 0.05) is 17.3 Å². The quantitative estimate of drug-likeness (QED) is 0.752. The molecule has 0 unspecified atom stereocenters. The van der Waals surface area contributed by atoms with Gasteiger partial charge in [-0.05, 0) is 29.7 Å². The van der Waals surface area contributed by atoms with E-state index in [1.165, 1.54) is 0 Å². The molecule has 4 nitrogen and oxygen atoms in total. The van der Waals surface area contributed by atoms with E-state index in [4.69, 9.17) is 4.42 Å². The van der Waals surface area contributed by atoms with E-state index in [0.29, 0.717) is 6.54 Å². The van der Waals surface area contributed by atoms with Crippen LogP contribution in [-0.4, -0.2) is 17.1 Å². The Labute approximate surface area is 128 Å². The van der Waals surface area contributed by atoms with Crippen molar-refractivity contribution in [3.8, 4) is 0 Å². The van der Waals surface area contributed by atoms with Crippen LogP contribution in [0.15, 0.2) is 46.9 Å². The molecule has 1 atom stereocenters. The van der Waals surface area contributed by atoms with Crippen LogP contribution in [0.3, 0.4) is 0 Å². The van der Waals surface area contributed by atoms with Gasteiger partial charge in [0.1, 0.15) is 17.2 Å². The first kappa shape index (κ1) is 14.6. The maximum absolute atomic E-state index is 11.2. The van der Waals surface area contributed by atoms with Crippen molar-refractivity contribution >= 4 is 27.9 Å². The van der Waals surface area contributed by atoms with Gasteiger partial charge in [0.15, 0.2) is 0 Å². The minimum absolute atomic E-state index is 0.0380. The number of carboxylic acids is 1. The molecule has 0 aliphatic rings. The van der Waals surface area contributed by atoms with Gasteiger partial charge in [-0.1, -0.05) is 38.1 Å². The number of hydrogen-bond acceptors (Lipinski definition) is 3. The second kappa shape index (κ2) is 5.81. The van der Waals surface area contributed by atoms with Crippen LogP contribution in [0.4, 0.5) is 0 Å². The summed E-state index contributed by atoms with van der Waals surface area (Å²) in [7, 11) is 0. The van der Waals surface area contributed by atoms with Crippen molar-refractivity contribution in [3.05, 3.63) is 48.0 Å². The van der Waals surface area contributed by atoms with E-state index in [0.717, 1.165) is 27.5 Å². The summed E-state index contributed by atoms with van der Waals surface area (Å²) in [6.45, 7) is 4.32. The fraction of sp³-hybridized carbons (Fsp3) is 0.278. The zero-order valence-corrected chi connectivity index (χ0v) is 12.7. The Morgan fingerprint density at radius 2 is 1.86 bits per heavy atom. The Bertz CT molecular complexity index is 819. The third kappa shape index (κ3) is 2.70. The van der Waals surface area contributed by atoms with Gasteiger partial charge in [-0.15, -0.1) is 0 Å². The summed E-state index contributed by atoms with van der Waals surface area (Å²) in [4.78, 5) is 11.2. The number of hydrogen-bond donors (Lipinski definition) is 2. The summed E-state index contributed by atoms with van der Waals surface area (Å²) >= 11 is 0. The van der Waals surface area contributed by atoms with E-state index >= 15 is 0 Å². The molecule has 22 heavy (non-hydrogen) atoms. The van der Waals surface area contributed by atoms with Crippen LogP contribution in [0.5, 0.6) is 0 Å². The molecule has 0 fully saturated rings. The molecule has 0 saturated heterocycles. The molecule has 1 aromatic heterocycles. The highest BCUT2D eigenvalue weighted by atomic mass is 16.4. The van der Waals surface area contributed by atoms with E-state index < -0.39 is 12.0 Å². The fourth-order valence-electron chi connectivity index (χ4n) is 2.72. The largest absolute Gasteiger partial charge is 0.480 e. The van der Waals surface area contributed by atoms with E-state index in [1.807, 2.05) is 50.2 Å². The molecule has 2 N–H and O–H groups in total. The first-order valence-electron chi connectivity index (χ1n) is 7.42. The average molecular weight is 297 g/mol. The Balaban J connectivity index is 1.88. The van der Waals surface area contributed by atoms with Gasteiger partial charge in [0.2, 0.25) is 0 Å². The number of benzene rings is 2. The zero-order chi connectivity index (χ0) is 15.7. The van der Waals surface area contributed by atoms with Gasteiger partial charge in [0.25, 0.3) is 0 Å². The van der Waals surface area contributed by atoms with Crippen molar-refractivity contribution in [2.24, 2.45) is 5.92 Å². The number of rotatable bonds is 5. The molecule has 2 aromatic carbocycles. The summed E-state index contributed by atoms with van der Waals surface area (Å²) in [5, 5.41) is 14.5. The number of nitrogens with one attached hydrogen (secondary N) is 1. The third-order valence-electron chi connectivity index (χ3n) is 3.90. The number of aliphatic carboxylic acids is 1. The maximum Gasteiger partial charge on any atom is 0.320 e. The van der Waals surface area contributed by atoms with E-state index in [-0.39, 0.29) is 5.92 Å². The number of carbonyl (C=O) groups is 1. The molecular formula is C18H19NO3. The first-order chi connectivity index (χ1) is 10.6. The molecule has 0 aliphatic carbocycles. The van der Waals surface area contributed by atoms with E-state index in [9.17, 15) is 9.90 Å². The highest BCUT2D eigenvalue weighted by molar-refractivity contribution is 6.04. The molecule has 3 rings (SSSR count). The standard InChI is InChI=1S/C18H19NO3/c1-11(2)17(18(20)21)19-10-12-7-8-16-14(9-12)13-5-3-4-6-15(13)22-16/h3-9,11,17,19H,10H2,1-2H3,(H,20,21)/t17-/m0/s1. The zero-order valence-electron chi connectivity index (χ0n) is 12.7. The van der Waals surface area contributed by atoms with Crippen LogP contribution in [-0.2, 0) is 11.3 Å². The van der Waals surface area contributed by atoms with E-state index in [2.05, 4.69) is 11.4 Å². The van der Waals surface area contributed by atoms with Gasteiger partial charge in [-0.3, -0.25) is 4.79 Å². The van der Waals surface area contributed by atoms with Crippen LogP contribution in [0.2, 0.25) is 0 Å². The molecule has 3 aromatic rings. The molecule has 0 saturated carbocycles. The van der Waals surface area contributed by atoms with Crippen LogP contribution in [0.25, 0.3) is 21.9 Å². The second-order valence-corrected chi connectivity index (χ2v) is 5.87. The molecule has 1 heterocycles. The molecule has 114 valence electrons. The van der Waals surface area contributed by atoms with Gasteiger partial charge in [-0.25, -0.2) is 0 Å². The van der Waals surface area contributed by atoms with Gasteiger partial charge in [-0.2, -0.15) is 0 Å². The molecule has 0 bridgehead atoms. The average Bonchev–Trinajstić information content (AvgIpc) is 2.84. The molecule has 0 amide bonds. The smallest absolute Gasteiger partial charge is 0.320 e. The van der Waals surface area contributed by atoms with Crippen LogP contribution < -0.4 is 5.32 Å². The summed E-state index contributed by atoms with van der Waals surface area (Å²) in [6.07, 6.45) is 0. The number of fused-ring (bicyclic) bond motifs is 3. The highest BCUT2D eigenvalue weighted by Crippen LogP contribution is 2.29. The van der Waals surface area contributed by atoms with Crippen LogP contribution in [0.1, 0.15) is 19.4 Å². The van der Waals surface area contributed by atoms with Crippen molar-refractivity contribution in [2.45, 2.75) is 26.4 Å². The second-order valence-electron chi connectivity index (χ2n) is 5.87. The lowest BCUT2D eigenvalue weighted by atomic mass is 10.0. The first-order valence-corrected chi connectivity index (χ1v) is 7.42.